The molecule has 17 heavy (non-hydrogen) atoms. The van der Waals surface area contributed by atoms with Gasteiger partial charge < -0.3 is 5.32 Å². The Morgan fingerprint density at radius 2 is 2.00 bits per heavy atom. The van der Waals surface area contributed by atoms with Gasteiger partial charge in [0.1, 0.15) is 0 Å². The van der Waals surface area contributed by atoms with Gasteiger partial charge in [0, 0.05) is 24.4 Å². The molecule has 0 radical (unpaired) electrons. The lowest BCUT2D eigenvalue weighted by molar-refractivity contribution is 0.681. The molecule has 1 aliphatic rings. The second-order valence-corrected chi connectivity index (χ2v) is 5.43. The zero-order chi connectivity index (χ0) is 11.5. The number of benzene rings is 1. The number of aromatic nitrogens is 1. The average molecular weight is 244 g/mol. The summed E-state index contributed by atoms with van der Waals surface area (Å²) in [4.78, 5) is 4.66. The van der Waals surface area contributed by atoms with Crippen LogP contribution in [0.4, 0.5) is 0 Å². The van der Waals surface area contributed by atoms with Crippen molar-refractivity contribution in [3.63, 3.8) is 0 Å². The standard InChI is InChI=1S/C14H16N2S/c1-2-4-11(5-3-1)8-15-9-13-10-17-14(16-13)12-6-7-12/h1-5,10,12,15H,6-9H2. The molecule has 1 aromatic heterocycles. The SMILES string of the molecule is c1ccc(CNCc2csc(C3CC3)n2)cc1. The quantitative estimate of drug-likeness (QED) is 0.873. The van der Waals surface area contributed by atoms with Gasteiger partial charge in [0.15, 0.2) is 0 Å². The lowest BCUT2D eigenvalue weighted by atomic mass is 10.2. The monoisotopic (exact) mass is 244 g/mol. The highest BCUT2D eigenvalue weighted by atomic mass is 32.1. The van der Waals surface area contributed by atoms with Gasteiger partial charge in [-0.1, -0.05) is 30.3 Å². The van der Waals surface area contributed by atoms with Gasteiger partial charge >= 0.3 is 0 Å². The van der Waals surface area contributed by atoms with E-state index in [1.165, 1.54) is 29.1 Å². The molecule has 1 heterocycles. The van der Waals surface area contributed by atoms with E-state index in [1.54, 1.807) is 0 Å². The predicted octanol–water partition coefficient (Wildman–Crippen LogP) is 3.31. The minimum absolute atomic E-state index is 0.780. The van der Waals surface area contributed by atoms with Crippen LogP contribution in [0.15, 0.2) is 35.7 Å². The summed E-state index contributed by atoms with van der Waals surface area (Å²) in [6, 6.07) is 10.5. The summed E-state index contributed by atoms with van der Waals surface area (Å²) >= 11 is 1.82. The molecule has 0 saturated heterocycles. The van der Waals surface area contributed by atoms with E-state index < -0.39 is 0 Å². The first-order valence-electron chi connectivity index (χ1n) is 6.11. The fourth-order valence-electron chi connectivity index (χ4n) is 1.85. The van der Waals surface area contributed by atoms with Crippen LogP contribution in [0, 0.1) is 0 Å². The minimum Gasteiger partial charge on any atom is -0.307 e. The highest BCUT2D eigenvalue weighted by molar-refractivity contribution is 7.09. The summed E-state index contributed by atoms with van der Waals surface area (Å²) in [5, 5.41) is 6.96. The Bertz CT molecular complexity index is 474. The number of hydrogen-bond acceptors (Lipinski definition) is 3. The summed E-state index contributed by atoms with van der Waals surface area (Å²) in [5.74, 6) is 0.780. The van der Waals surface area contributed by atoms with Crippen molar-refractivity contribution in [3.05, 3.63) is 52.0 Å². The Hall–Kier alpha value is -1.19. The summed E-state index contributed by atoms with van der Waals surface area (Å²) in [7, 11) is 0. The molecule has 1 fully saturated rings. The molecule has 88 valence electrons. The number of nitrogens with zero attached hydrogens (tertiary/aromatic N) is 1. The van der Waals surface area contributed by atoms with Gasteiger partial charge in [-0.3, -0.25) is 0 Å². The van der Waals surface area contributed by atoms with Gasteiger partial charge in [0.25, 0.3) is 0 Å². The molecule has 2 aromatic rings. The molecule has 0 bridgehead atoms. The fourth-order valence-corrected chi connectivity index (χ4v) is 2.84. The van der Waals surface area contributed by atoms with E-state index in [9.17, 15) is 0 Å². The van der Waals surface area contributed by atoms with Gasteiger partial charge in [-0.15, -0.1) is 11.3 Å². The topological polar surface area (TPSA) is 24.9 Å². The van der Waals surface area contributed by atoms with Gasteiger partial charge in [0.05, 0.1) is 10.7 Å². The molecule has 1 aromatic carbocycles. The van der Waals surface area contributed by atoms with Gasteiger partial charge in [-0.25, -0.2) is 4.98 Å². The first-order chi connectivity index (χ1) is 8.42. The maximum absolute atomic E-state index is 4.66. The second kappa shape index (κ2) is 4.98. The molecular formula is C14H16N2S. The van der Waals surface area contributed by atoms with Crippen molar-refractivity contribution in [3.8, 4) is 0 Å². The lowest BCUT2D eigenvalue weighted by Crippen LogP contribution is -2.12. The molecule has 1 N–H and O–H groups in total. The predicted molar refractivity (Wildman–Crippen MR) is 71.1 cm³/mol. The summed E-state index contributed by atoms with van der Waals surface area (Å²) in [6.07, 6.45) is 2.68. The van der Waals surface area contributed by atoms with Crippen LogP contribution < -0.4 is 5.32 Å². The van der Waals surface area contributed by atoms with E-state index in [0.717, 1.165) is 19.0 Å². The molecule has 2 nitrogen and oxygen atoms in total. The van der Waals surface area contributed by atoms with E-state index in [0.29, 0.717) is 0 Å². The van der Waals surface area contributed by atoms with Crippen molar-refractivity contribution in [2.24, 2.45) is 0 Å². The van der Waals surface area contributed by atoms with Crippen LogP contribution in [0.3, 0.4) is 0 Å². The first-order valence-corrected chi connectivity index (χ1v) is 6.99. The van der Waals surface area contributed by atoms with E-state index in [1.807, 2.05) is 17.4 Å². The van der Waals surface area contributed by atoms with Crippen molar-refractivity contribution in [2.45, 2.75) is 31.8 Å². The Kier molecular flexibility index (Phi) is 3.20. The van der Waals surface area contributed by atoms with Crippen LogP contribution in [0.25, 0.3) is 0 Å². The Morgan fingerprint density at radius 3 is 2.76 bits per heavy atom. The van der Waals surface area contributed by atoms with Gasteiger partial charge in [-0.05, 0) is 18.4 Å². The van der Waals surface area contributed by atoms with Crippen LogP contribution >= 0.6 is 11.3 Å². The summed E-state index contributed by atoms with van der Waals surface area (Å²) in [6.45, 7) is 1.79. The van der Waals surface area contributed by atoms with E-state index in [2.05, 4.69) is 39.9 Å². The minimum atomic E-state index is 0.780. The van der Waals surface area contributed by atoms with Crippen molar-refractivity contribution in [2.75, 3.05) is 0 Å². The fraction of sp³-hybridized carbons (Fsp3) is 0.357. The third-order valence-corrected chi connectivity index (χ3v) is 4.03. The van der Waals surface area contributed by atoms with E-state index in [4.69, 9.17) is 0 Å². The van der Waals surface area contributed by atoms with Crippen LogP contribution in [0.2, 0.25) is 0 Å². The highest BCUT2D eigenvalue weighted by Gasteiger charge is 2.26. The van der Waals surface area contributed by atoms with Crippen molar-refractivity contribution in [1.29, 1.82) is 0 Å². The zero-order valence-electron chi connectivity index (χ0n) is 9.73. The second-order valence-electron chi connectivity index (χ2n) is 4.54. The molecule has 0 aliphatic heterocycles. The van der Waals surface area contributed by atoms with Crippen molar-refractivity contribution < 1.29 is 0 Å². The van der Waals surface area contributed by atoms with Crippen LogP contribution in [0.1, 0.15) is 35.0 Å². The Balaban J connectivity index is 1.50. The molecule has 1 aliphatic carbocycles. The largest absolute Gasteiger partial charge is 0.307 e. The Morgan fingerprint density at radius 1 is 1.18 bits per heavy atom. The van der Waals surface area contributed by atoms with Gasteiger partial charge in [0.2, 0.25) is 0 Å². The van der Waals surface area contributed by atoms with Crippen molar-refractivity contribution >= 4 is 11.3 Å². The molecular weight excluding hydrogens is 228 g/mol. The highest BCUT2D eigenvalue weighted by Crippen LogP contribution is 2.41. The molecule has 0 spiro atoms. The number of nitrogens with one attached hydrogen (secondary N) is 1. The molecule has 0 amide bonds. The summed E-state index contributed by atoms with van der Waals surface area (Å²) < 4.78 is 0. The number of thiazole rings is 1. The maximum Gasteiger partial charge on any atom is 0.0959 e. The zero-order valence-corrected chi connectivity index (χ0v) is 10.5. The van der Waals surface area contributed by atoms with Crippen LogP contribution in [0.5, 0.6) is 0 Å². The summed E-state index contributed by atoms with van der Waals surface area (Å²) in [5.41, 5.74) is 2.51. The third kappa shape index (κ3) is 2.93. The van der Waals surface area contributed by atoms with Crippen LogP contribution in [-0.2, 0) is 13.1 Å². The average Bonchev–Trinajstić information content (AvgIpc) is 3.11. The van der Waals surface area contributed by atoms with Gasteiger partial charge in [-0.2, -0.15) is 0 Å². The van der Waals surface area contributed by atoms with E-state index >= 15 is 0 Å². The number of rotatable bonds is 5. The van der Waals surface area contributed by atoms with Crippen molar-refractivity contribution in [1.82, 2.24) is 10.3 Å². The molecule has 0 unspecified atom stereocenters. The van der Waals surface area contributed by atoms with Crippen LogP contribution in [-0.4, -0.2) is 4.98 Å². The van der Waals surface area contributed by atoms with E-state index in [-0.39, 0.29) is 0 Å². The first kappa shape index (κ1) is 10.9. The molecule has 1 saturated carbocycles. The Labute approximate surface area is 106 Å². The normalized spacial score (nSPS) is 15.1. The molecule has 3 rings (SSSR count). The third-order valence-electron chi connectivity index (χ3n) is 2.97. The molecule has 3 heteroatoms. The lowest BCUT2D eigenvalue weighted by Gasteiger charge is -2.02. The maximum atomic E-state index is 4.66. The smallest absolute Gasteiger partial charge is 0.0959 e. The number of hydrogen-bond donors (Lipinski definition) is 1. The molecule has 0 atom stereocenters.